The van der Waals surface area contributed by atoms with Crippen LogP contribution in [0.5, 0.6) is 0 Å². The molecule has 0 aliphatic heterocycles. The number of hydrogen-bond donors (Lipinski definition) is 2. The lowest BCUT2D eigenvalue weighted by Gasteiger charge is -2.16. The van der Waals surface area contributed by atoms with Gasteiger partial charge >= 0.3 is 12.1 Å². The van der Waals surface area contributed by atoms with E-state index in [0.29, 0.717) is 18.5 Å². The van der Waals surface area contributed by atoms with Gasteiger partial charge in [-0.3, -0.25) is 14.3 Å². The standard InChI is InChI=1S/C18H18BrF3N4O4S/c1-6-9(17(29)30-3)16(31-12(6)14(23)27)24-15(28)7(2)26-11(8-4-5-8)10(19)13(25-26)18(20,21)22/h7-8H,4-5H2,1-3H3,(H2,23,27)(H,24,28). The van der Waals surface area contributed by atoms with Crippen molar-refractivity contribution in [3.8, 4) is 0 Å². The second kappa shape index (κ2) is 8.26. The fourth-order valence-corrected chi connectivity index (χ4v) is 5.00. The number of carbonyl (C=O) groups excluding carboxylic acids is 3. The van der Waals surface area contributed by atoms with Crippen LogP contribution in [0, 0.1) is 6.92 Å². The van der Waals surface area contributed by atoms with Crippen LogP contribution in [0.2, 0.25) is 0 Å². The zero-order valence-electron chi connectivity index (χ0n) is 16.6. The van der Waals surface area contributed by atoms with Crippen LogP contribution in [0.1, 0.15) is 68.7 Å². The number of nitrogens with zero attached hydrogens (tertiary/aromatic N) is 2. The fourth-order valence-electron chi connectivity index (χ4n) is 3.14. The molecule has 0 saturated heterocycles. The van der Waals surface area contributed by atoms with Crippen LogP contribution < -0.4 is 11.1 Å². The first-order valence-corrected chi connectivity index (χ1v) is 10.7. The average Bonchev–Trinajstić information content (AvgIpc) is 3.37. The molecule has 1 fully saturated rings. The summed E-state index contributed by atoms with van der Waals surface area (Å²) in [5.74, 6) is -2.43. The Bertz CT molecular complexity index is 1080. The lowest BCUT2D eigenvalue weighted by molar-refractivity contribution is -0.142. The number of alkyl halides is 3. The molecule has 2 amide bonds. The van der Waals surface area contributed by atoms with Gasteiger partial charge in [0.05, 0.1) is 27.7 Å². The van der Waals surface area contributed by atoms with Gasteiger partial charge in [0.1, 0.15) is 11.0 Å². The van der Waals surface area contributed by atoms with Gasteiger partial charge in [-0.1, -0.05) is 0 Å². The van der Waals surface area contributed by atoms with Crippen LogP contribution in [-0.2, 0) is 15.7 Å². The first kappa shape index (κ1) is 23.3. The Balaban J connectivity index is 1.98. The van der Waals surface area contributed by atoms with E-state index in [1.54, 1.807) is 0 Å². The van der Waals surface area contributed by atoms with E-state index in [0.717, 1.165) is 23.1 Å². The smallest absolute Gasteiger partial charge is 0.436 e. The van der Waals surface area contributed by atoms with Crippen LogP contribution in [0.15, 0.2) is 4.47 Å². The molecular formula is C18H18BrF3N4O4S. The van der Waals surface area contributed by atoms with Crippen LogP contribution in [0.4, 0.5) is 18.2 Å². The number of hydrogen-bond acceptors (Lipinski definition) is 6. The molecule has 1 aliphatic rings. The van der Waals surface area contributed by atoms with Crippen molar-refractivity contribution in [2.75, 3.05) is 12.4 Å². The van der Waals surface area contributed by atoms with Gasteiger partial charge < -0.3 is 15.8 Å². The third kappa shape index (κ3) is 4.33. The van der Waals surface area contributed by atoms with Gasteiger partial charge in [0.2, 0.25) is 5.91 Å². The van der Waals surface area contributed by atoms with E-state index in [9.17, 15) is 27.6 Å². The molecule has 31 heavy (non-hydrogen) atoms. The molecule has 8 nitrogen and oxygen atoms in total. The van der Waals surface area contributed by atoms with Gasteiger partial charge in [0.25, 0.3) is 5.91 Å². The molecule has 2 aromatic heterocycles. The first-order valence-electron chi connectivity index (χ1n) is 9.05. The molecule has 0 spiro atoms. The van der Waals surface area contributed by atoms with E-state index >= 15 is 0 Å². The number of carbonyl (C=O) groups is 3. The van der Waals surface area contributed by atoms with Crippen molar-refractivity contribution in [2.45, 2.75) is 44.8 Å². The summed E-state index contributed by atoms with van der Waals surface area (Å²) in [6, 6.07) is -1.13. The number of amides is 2. The van der Waals surface area contributed by atoms with E-state index in [1.165, 1.54) is 13.8 Å². The molecule has 2 heterocycles. The Morgan fingerprint density at radius 1 is 1.35 bits per heavy atom. The van der Waals surface area contributed by atoms with Crippen molar-refractivity contribution >= 4 is 50.1 Å². The Hall–Kier alpha value is -2.41. The van der Waals surface area contributed by atoms with Gasteiger partial charge in [-0.2, -0.15) is 18.3 Å². The van der Waals surface area contributed by atoms with E-state index in [-0.39, 0.29) is 31.4 Å². The summed E-state index contributed by atoms with van der Waals surface area (Å²) in [5.41, 5.74) is 4.71. The highest BCUT2D eigenvalue weighted by atomic mass is 79.9. The minimum atomic E-state index is -4.69. The Kier molecular flexibility index (Phi) is 6.20. The topological polar surface area (TPSA) is 116 Å². The Labute approximate surface area is 187 Å². The molecular weight excluding hydrogens is 505 g/mol. The largest absolute Gasteiger partial charge is 0.465 e. The van der Waals surface area contributed by atoms with Crippen molar-refractivity contribution in [1.29, 1.82) is 0 Å². The van der Waals surface area contributed by atoms with Crippen LogP contribution >= 0.6 is 27.3 Å². The number of halogens is 4. The highest BCUT2D eigenvalue weighted by Gasteiger charge is 2.43. The second-order valence-electron chi connectivity index (χ2n) is 7.05. The van der Waals surface area contributed by atoms with E-state index < -0.39 is 35.7 Å². The Morgan fingerprint density at radius 3 is 2.45 bits per heavy atom. The number of nitrogens with two attached hydrogens (primary N) is 1. The number of methoxy groups -OCH3 is 1. The number of nitrogens with one attached hydrogen (secondary N) is 1. The number of esters is 1. The average molecular weight is 523 g/mol. The predicted octanol–water partition coefficient (Wildman–Crippen LogP) is 4.00. The van der Waals surface area contributed by atoms with Crippen molar-refractivity contribution in [1.82, 2.24) is 9.78 Å². The molecule has 0 aromatic carbocycles. The normalized spacial score (nSPS) is 14.9. The summed E-state index contributed by atoms with van der Waals surface area (Å²) in [4.78, 5) is 36.8. The van der Waals surface area contributed by atoms with E-state index in [2.05, 4.69) is 26.3 Å². The molecule has 2 aromatic rings. The predicted molar refractivity (Wildman–Crippen MR) is 109 cm³/mol. The Morgan fingerprint density at radius 2 is 1.97 bits per heavy atom. The molecule has 1 atom stereocenters. The van der Waals surface area contributed by atoms with E-state index in [4.69, 9.17) is 10.5 Å². The van der Waals surface area contributed by atoms with Gasteiger partial charge in [-0.25, -0.2) is 4.79 Å². The minimum Gasteiger partial charge on any atom is -0.465 e. The number of anilines is 1. The highest BCUT2D eigenvalue weighted by molar-refractivity contribution is 9.10. The summed E-state index contributed by atoms with van der Waals surface area (Å²) < 4.78 is 45.6. The van der Waals surface area contributed by atoms with Crippen molar-refractivity contribution in [2.24, 2.45) is 5.73 Å². The lowest BCUT2D eigenvalue weighted by atomic mass is 10.1. The summed E-state index contributed by atoms with van der Waals surface area (Å²) >= 11 is 3.77. The highest BCUT2D eigenvalue weighted by Crippen LogP contribution is 2.48. The third-order valence-corrected chi connectivity index (χ3v) is 6.87. The summed E-state index contributed by atoms with van der Waals surface area (Å²) in [6.07, 6.45) is -3.31. The summed E-state index contributed by atoms with van der Waals surface area (Å²) in [6.45, 7) is 2.88. The van der Waals surface area contributed by atoms with Crippen LogP contribution in [0.25, 0.3) is 0 Å². The van der Waals surface area contributed by atoms with Gasteiger partial charge in [0.15, 0.2) is 5.69 Å². The van der Waals surface area contributed by atoms with E-state index in [1.807, 2.05) is 0 Å². The molecule has 0 bridgehead atoms. The maximum atomic E-state index is 13.3. The maximum absolute atomic E-state index is 13.3. The van der Waals surface area contributed by atoms with Crippen molar-refractivity contribution in [3.63, 3.8) is 0 Å². The van der Waals surface area contributed by atoms with Gasteiger partial charge in [-0.15, -0.1) is 11.3 Å². The summed E-state index contributed by atoms with van der Waals surface area (Å²) in [7, 11) is 1.14. The second-order valence-corrected chi connectivity index (χ2v) is 8.86. The van der Waals surface area contributed by atoms with Crippen LogP contribution in [0.3, 0.4) is 0 Å². The van der Waals surface area contributed by atoms with Gasteiger partial charge in [-0.05, 0) is 48.2 Å². The quantitative estimate of drug-likeness (QED) is 0.556. The minimum absolute atomic E-state index is 0.0187. The number of aromatic nitrogens is 2. The lowest BCUT2D eigenvalue weighted by Crippen LogP contribution is -2.26. The zero-order valence-corrected chi connectivity index (χ0v) is 19.0. The molecule has 168 valence electrons. The number of ether oxygens (including phenoxy) is 1. The van der Waals surface area contributed by atoms with Crippen molar-refractivity contribution < 1.29 is 32.3 Å². The monoisotopic (exact) mass is 522 g/mol. The molecule has 1 saturated carbocycles. The number of primary amides is 1. The fraction of sp³-hybridized carbons (Fsp3) is 0.444. The molecule has 3 N–H and O–H groups in total. The molecule has 0 radical (unpaired) electrons. The van der Waals surface area contributed by atoms with Crippen LogP contribution in [-0.4, -0.2) is 34.7 Å². The zero-order chi connectivity index (χ0) is 23.2. The van der Waals surface area contributed by atoms with Gasteiger partial charge in [0, 0.05) is 5.92 Å². The SMILES string of the molecule is COC(=O)c1c(NC(=O)C(C)n2nc(C(F)(F)F)c(Br)c2C2CC2)sc(C(N)=O)c1C. The van der Waals surface area contributed by atoms with Crippen molar-refractivity contribution in [3.05, 3.63) is 31.9 Å². The number of rotatable bonds is 6. The molecule has 1 aliphatic carbocycles. The molecule has 13 heteroatoms. The first-order chi connectivity index (χ1) is 14.4. The third-order valence-electron chi connectivity index (χ3n) is 4.86. The summed E-state index contributed by atoms with van der Waals surface area (Å²) in [5, 5.41) is 6.18. The number of thiophene rings is 1. The molecule has 3 rings (SSSR count). The molecule has 1 unspecified atom stereocenters. The maximum Gasteiger partial charge on any atom is 0.436 e.